The molecule has 0 fully saturated rings. The molecule has 0 bridgehead atoms. The number of rotatable bonds is 2. The molecule has 0 aliphatic carbocycles. The monoisotopic (exact) mass is 261 g/mol. The molecule has 1 aromatic heterocycles. The Balaban J connectivity index is 2.83. The third kappa shape index (κ3) is 2.54. The minimum Gasteiger partial charge on any atom is -0.350 e. The minimum absolute atomic E-state index is 0.00875. The highest BCUT2D eigenvalue weighted by Crippen LogP contribution is 2.27. The van der Waals surface area contributed by atoms with Crippen LogP contribution in [0.5, 0.6) is 0 Å². The summed E-state index contributed by atoms with van der Waals surface area (Å²) in [4.78, 5) is 11.6. The first-order chi connectivity index (χ1) is 6.02. The zero-order valence-corrected chi connectivity index (χ0v) is 10.3. The summed E-state index contributed by atoms with van der Waals surface area (Å²) < 4.78 is 1.03. The summed E-state index contributed by atoms with van der Waals surface area (Å²) >= 11 is 4.93. The van der Waals surface area contributed by atoms with E-state index in [1.54, 1.807) is 11.3 Å². The van der Waals surface area contributed by atoms with Gasteiger partial charge in [-0.1, -0.05) is 0 Å². The first-order valence-electron chi connectivity index (χ1n) is 4.06. The quantitative estimate of drug-likeness (QED) is 0.872. The lowest BCUT2D eigenvalue weighted by molar-refractivity contribution is 0.0943. The normalized spacial score (nSPS) is 10.5. The molecule has 0 atom stereocenters. The first-order valence-corrected chi connectivity index (χ1v) is 5.74. The summed E-state index contributed by atoms with van der Waals surface area (Å²) in [5.74, 6) is 0.00875. The molecule has 1 N–H and O–H groups in total. The highest BCUT2D eigenvalue weighted by atomic mass is 79.9. The first kappa shape index (κ1) is 10.7. The van der Waals surface area contributed by atoms with Crippen LogP contribution in [0.4, 0.5) is 0 Å². The van der Waals surface area contributed by atoms with Crippen LogP contribution in [0, 0.1) is 6.92 Å². The van der Waals surface area contributed by atoms with Crippen molar-refractivity contribution >= 4 is 33.2 Å². The summed E-state index contributed by atoms with van der Waals surface area (Å²) in [6.07, 6.45) is 0. The molecule has 0 saturated heterocycles. The van der Waals surface area contributed by atoms with Crippen LogP contribution >= 0.6 is 27.3 Å². The second kappa shape index (κ2) is 4.24. The van der Waals surface area contributed by atoms with Gasteiger partial charge in [-0.2, -0.15) is 0 Å². The maximum absolute atomic E-state index is 11.6. The van der Waals surface area contributed by atoms with Gasteiger partial charge in [-0.15, -0.1) is 11.3 Å². The van der Waals surface area contributed by atoms with E-state index in [0.29, 0.717) is 0 Å². The van der Waals surface area contributed by atoms with Crippen molar-refractivity contribution in [2.24, 2.45) is 0 Å². The van der Waals surface area contributed by atoms with Crippen molar-refractivity contribution in [2.75, 3.05) is 0 Å². The Morgan fingerprint density at radius 2 is 2.23 bits per heavy atom. The highest BCUT2D eigenvalue weighted by Gasteiger charge is 2.13. The molecule has 0 unspecified atom stereocenters. The molecule has 4 heteroatoms. The molecule has 0 saturated carbocycles. The van der Waals surface area contributed by atoms with Gasteiger partial charge < -0.3 is 5.32 Å². The van der Waals surface area contributed by atoms with Crippen molar-refractivity contribution < 1.29 is 4.79 Å². The number of hydrogen-bond acceptors (Lipinski definition) is 2. The van der Waals surface area contributed by atoms with Crippen molar-refractivity contribution in [3.8, 4) is 0 Å². The molecule has 2 nitrogen and oxygen atoms in total. The van der Waals surface area contributed by atoms with Gasteiger partial charge in [0.25, 0.3) is 5.91 Å². The average Bonchev–Trinajstić information content (AvgIpc) is 2.31. The average molecular weight is 262 g/mol. The van der Waals surface area contributed by atoms with Gasteiger partial charge in [0.1, 0.15) is 0 Å². The lowest BCUT2D eigenvalue weighted by Crippen LogP contribution is -2.30. The fourth-order valence-corrected chi connectivity index (χ4v) is 2.24. The summed E-state index contributed by atoms with van der Waals surface area (Å²) in [5, 5.41) is 4.73. The number of halogens is 1. The third-order valence-corrected chi connectivity index (χ3v) is 3.67. The summed E-state index contributed by atoms with van der Waals surface area (Å²) in [7, 11) is 0. The van der Waals surface area contributed by atoms with Crippen LogP contribution in [0.2, 0.25) is 0 Å². The fraction of sp³-hybridized carbons (Fsp3) is 0.444. The zero-order valence-electron chi connectivity index (χ0n) is 7.85. The third-order valence-electron chi connectivity index (χ3n) is 1.64. The number of carbonyl (C=O) groups is 1. The van der Waals surface area contributed by atoms with Gasteiger partial charge in [-0.25, -0.2) is 0 Å². The Hall–Kier alpha value is -0.350. The SMILES string of the molecule is Cc1c(C(=O)NC(C)C)csc1Br. The van der Waals surface area contributed by atoms with E-state index < -0.39 is 0 Å². The minimum atomic E-state index is 0.00875. The van der Waals surface area contributed by atoms with Crippen molar-refractivity contribution in [1.29, 1.82) is 0 Å². The van der Waals surface area contributed by atoms with Crippen LogP contribution < -0.4 is 5.32 Å². The van der Waals surface area contributed by atoms with E-state index in [9.17, 15) is 4.79 Å². The molecular formula is C9H12BrNOS. The predicted molar refractivity (Wildman–Crippen MR) is 59.4 cm³/mol. The number of hydrogen-bond donors (Lipinski definition) is 1. The number of nitrogens with one attached hydrogen (secondary N) is 1. The summed E-state index contributed by atoms with van der Waals surface area (Å²) in [5.41, 5.74) is 1.79. The van der Waals surface area contributed by atoms with Crippen molar-refractivity contribution in [3.63, 3.8) is 0 Å². The highest BCUT2D eigenvalue weighted by molar-refractivity contribution is 9.11. The Morgan fingerprint density at radius 3 is 2.62 bits per heavy atom. The Bertz CT molecular complexity index is 319. The smallest absolute Gasteiger partial charge is 0.252 e. The number of amides is 1. The standard InChI is InChI=1S/C9H12BrNOS/c1-5(2)11-9(12)7-4-13-8(10)6(7)3/h4-5H,1-3H3,(H,11,12). The zero-order chi connectivity index (χ0) is 10.0. The van der Waals surface area contributed by atoms with Crippen LogP contribution in [0.25, 0.3) is 0 Å². The Kier molecular flexibility index (Phi) is 3.50. The fourth-order valence-electron chi connectivity index (χ4n) is 0.957. The van der Waals surface area contributed by atoms with Gasteiger partial charge in [-0.05, 0) is 42.3 Å². The van der Waals surface area contributed by atoms with Crippen molar-refractivity contribution in [3.05, 3.63) is 20.3 Å². The van der Waals surface area contributed by atoms with Gasteiger partial charge in [0, 0.05) is 11.4 Å². The Morgan fingerprint density at radius 1 is 1.62 bits per heavy atom. The summed E-state index contributed by atoms with van der Waals surface area (Å²) in [6.45, 7) is 5.85. The summed E-state index contributed by atoms with van der Waals surface area (Å²) in [6, 6.07) is 0.186. The van der Waals surface area contributed by atoms with Gasteiger partial charge in [-0.3, -0.25) is 4.79 Å². The van der Waals surface area contributed by atoms with Gasteiger partial charge in [0.2, 0.25) is 0 Å². The maximum Gasteiger partial charge on any atom is 0.252 e. The lowest BCUT2D eigenvalue weighted by Gasteiger charge is -2.07. The molecule has 0 spiro atoms. The van der Waals surface area contributed by atoms with Crippen LogP contribution in [0.3, 0.4) is 0 Å². The maximum atomic E-state index is 11.6. The van der Waals surface area contributed by atoms with Crippen LogP contribution in [-0.4, -0.2) is 11.9 Å². The molecule has 72 valence electrons. The molecule has 0 aromatic carbocycles. The van der Waals surface area contributed by atoms with E-state index >= 15 is 0 Å². The van der Waals surface area contributed by atoms with Crippen LogP contribution in [-0.2, 0) is 0 Å². The molecule has 0 aliphatic heterocycles. The van der Waals surface area contributed by atoms with E-state index in [2.05, 4.69) is 21.2 Å². The van der Waals surface area contributed by atoms with Crippen molar-refractivity contribution in [1.82, 2.24) is 5.32 Å². The predicted octanol–water partition coefficient (Wildman–Crippen LogP) is 2.96. The number of carbonyl (C=O) groups excluding carboxylic acids is 1. The van der Waals surface area contributed by atoms with Crippen molar-refractivity contribution in [2.45, 2.75) is 26.8 Å². The van der Waals surface area contributed by atoms with E-state index in [1.807, 2.05) is 26.2 Å². The van der Waals surface area contributed by atoms with E-state index in [0.717, 1.165) is 14.9 Å². The largest absolute Gasteiger partial charge is 0.350 e. The lowest BCUT2D eigenvalue weighted by atomic mass is 10.2. The second-order valence-corrected chi connectivity index (χ2v) is 5.37. The molecule has 1 aromatic rings. The molecule has 0 aliphatic rings. The molecule has 1 heterocycles. The van der Waals surface area contributed by atoms with Crippen LogP contribution in [0.1, 0.15) is 29.8 Å². The second-order valence-electron chi connectivity index (χ2n) is 3.18. The number of thiophene rings is 1. The van der Waals surface area contributed by atoms with Gasteiger partial charge >= 0.3 is 0 Å². The molecule has 13 heavy (non-hydrogen) atoms. The molecule has 0 radical (unpaired) electrons. The van der Waals surface area contributed by atoms with Crippen LogP contribution in [0.15, 0.2) is 9.17 Å². The van der Waals surface area contributed by atoms with E-state index in [4.69, 9.17) is 0 Å². The topological polar surface area (TPSA) is 29.1 Å². The Labute approximate surface area is 90.5 Å². The van der Waals surface area contributed by atoms with E-state index in [-0.39, 0.29) is 11.9 Å². The van der Waals surface area contributed by atoms with Gasteiger partial charge in [0.05, 0.1) is 9.35 Å². The molecule has 1 amide bonds. The molecular weight excluding hydrogens is 250 g/mol. The van der Waals surface area contributed by atoms with Gasteiger partial charge in [0.15, 0.2) is 0 Å². The van der Waals surface area contributed by atoms with E-state index in [1.165, 1.54) is 0 Å². The molecule has 1 rings (SSSR count).